The van der Waals surface area contributed by atoms with Crippen LogP contribution in [-0.2, 0) is 22.9 Å². The lowest BCUT2D eigenvalue weighted by molar-refractivity contribution is 0.320. The van der Waals surface area contributed by atoms with E-state index < -0.39 is 10.0 Å². The van der Waals surface area contributed by atoms with Crippen molar-refractivity contribution in [3.05, 3.63) is 29.3 Å². The fraction of sp³-hybridized carbons (Fsp3) is 0.600. The molecule has 2 N–H and O–H groups in total. The Morgan fingerprint density at radius 2 is 1.67 bits per heavy atom. The van der Waals surface area contributed by atoms with Gasteiger partial charge in [0.1, 0.15) is 0 Å². The Morgan fingerprint density at radius 3 is 2.33 bits per heavy atom. The molecule has 0 saturated carbocycles. The van der Waals surface area contributed by atoms with Crippen molar-refractivity contribution in [3.63, 3.8) is 0 Å². The molecule has 0 aromatic heterocycles. The third-order valence-corrected chi connectivity index (χ3v) is 6.35. The van der Waals surface area contributed by atoms with E-state index in [1.54, 1.807) is 10.4 Å². The van der Waals surface area contributed by atoms with Gasteiger partial charge in [-0.2, -0.15) is 4.31 Å². The fourth-order valence-electron chi connectivity index (χ4n) is 3.14. The summed E-state index contributed by atoms with van der Waals surface area (Å²) in [5.74, 6) is 0. The molecular formula is C15H23ClN2O2S. The molecule has 21 heavy (non-hydrogen) atoms. The molecule has 0 atom stereocenters. The van der Waals surface area contributed by atoms with Gasteiger partial charge in [-0.25, -0.2) is 8.42 Å². The number of rotatable bonds is 2. The SMILES string of the molecule is Cl.NC1CCN(S(=O)(=O)c2ccc3c(c2)CCCC3)CC1. The largest absolute Gasteiger partial charge is 0.328 e. The minimum Gasteiger partial charge on any atom is -0.328 e. The first-order valence-corrected chi connectivity index (χ1v) is 8.89. The molecule has 6 heteroatoms. The van der Waals surface area contributed by atoms with Crippen molar-refractivity contribution >= 4 is 22.4 Å². The highest BCUT2D eigenvalue weighted by Gasteiger charge is 2.28. The topological polar surface area (TPSA) is 63.4 Å². The van der Waals surface area contributed by atoms with E-state index in [0.29, 0.717) is 18.0 Å². The number of sulfonamides is 1. The van der Waals surface area contributed by atoms with Crippen molar-refractivity contribution in [2.45, 2.75) is 49.5 Å². The van der Waals surface area contributed by atoms with Gasteiger partial charge in [-0.15, -0.1) is 12.4 Å². The molecule has 1 aliphatic heterocycles. The number of nitrogens with zero attached hydrogens (tertiary/aromatic N) is 1. The standard InChI is InChI=1S/C15H22N2O2S.ClH/c16-14-7-9-17(10-8-14)20(18,19)15-6-5-12-3-1-2-4-13(12)11-15;/h5-6,11,14H,1-4,7-10,16H2;1H. The van der Waals surface area contributed by atoms with Crippen molar-refractivity contribution in [2.75, 3.05) is 13.1 Å². The number of piperidine rings is 1. The Hall–Kier alpha value is -0.620. The molecule has 0 radical (unpaired) electrons. The van der Waals surface area contributed by atoms with Crippen LogP contribution in [0.1, 0.15) is 36.8 Å². The summed E-state index contributed by atoms with van der Waals surface area (Å²) < 4.78 is 26.9. The van der Waals surface area contributed by atoms with Crippen molar-refractivity contribution in [1.82, 2.24) is 4.31 Å². The Labute approximate surface area is 133 Å². The lowest BCUT2D eigenvalue weighted by Crippen LogP contribution is -2.42. The molecule has 0 bridgehead atoms. The van der Waals surface area contributed by atoms with Gasteiger partial charge < -0.3 is 5.73 Å². The first kappa shape index (κ1) is 16.7. The van der Waals surface area contributed by atoms with E-state index in [0.717, 1.165) is 32.1 Å². The minimum atomic E-state index is -3.34. The zero-order chi connectivity index (χ0) is 14.2. The third-order valence-electron chi connectivity index (χ3n) is 4.46. The highest BCUT2D eigenvalue weighted by Crippen LogP contribution is 2.26. The number of fused-ring (bicyclic) bond motifs is 1. The molecule has 1 fully saturated rings. The molecule has 1 aromatic carbocycles. The zero-order valence-corrected chi connectivity index (χ0v) is 13.8. The van der Waals surface area contributed by atoms with Crippen LogP contribution in [0, 0.1) is 0 Å². The molecule has 1 heterocycles. The molecule has 118 valence electrons. The van der Waals surface area contributed by atoms with Crippen molar-refractivity contribution < 1.29 is 8.42 Å². The van der Waals surface area contributed by atoms with Crippen LogP contribution in [0.2, 0.25) is 0 Å². The van der Waals surface area contributed by atoms with Crippen LogP contribution in [0.3, 0.4) is 0 Å². The van der Waals surface area contributed by atoms with Crippen LogP contribution in [0.4, 0.5) is 0 Å². The molecule has 4 nitrogen and oxygen atoms in total. The van der Waals surface area contributed by atoms with Gasteiger partial charge >= 0.3 is 0 Å². The van der Waals surface area contributed by atoms with E-state index >= 15 is 0 Å². The second-order valence-corrected chi connectivity index (χ2v) is 7.82. The molecule has 3 rings (SSSR count). The lowest BCUT2D eigenvalue weighted by atomic mass is 9.92. The van der Waals surface area contributed by atoms with Gasteiger partial charge in [0, 0.05) is 19.1 Å². The van der Waals surface area contributed by atoms with E-state index in [1.807, 2.05) is 12.1 Å². The zero-order valence-electron chi connectivity index (χ0n) is 12.1. The summed E-state index contributed by atoms with van der Waals surface area (Å²) in [4.78, 5) is 0.452. The molecule has 0 unspecified atom stereocenters. The summed E-state index contributed by atoms with van der Waals surface area (Å²) >= 11 is 0. The average Bonchev–Trinajstić information content (AvgIpc) is 2.47. The molecule has 1 aliphatic carbocycles. The van der Waals surface area contributed by atoms with Gasteiger partial charge in [-0.05, 0) is 61.8 Å². The second-order valence-electron chi connectivity index (χ2n) is 5.88. The molecule has 1 aromatic rings. The number of benzene rings is 1. The van der Waals surface area contributed by atoms with Crippen LogP contribution in [0.25, 0.3) is 0 Å². The summed E-state index contributed by atoms with van der Waals surface area (Å²) in [5.41, 5.74) is 8.38. The number of halogens is 1. The fourth-order valence-corrected chi connectivity index (χ4v) is 4.66. The quantitative estimate of drug-likeness (QED) is 0.903. The van der Waals surface area contributed by atoms with Gasteiger partial charge in [0.05, 0.1) is 4.90 Å². The van der Waals surface area contributed by atoms with Crippen LogP contribution in [0.5, 0.6) is 0 Å². The number of nitrogens with two attached hydrogens (primary N) is 1. The molecule has 1 saturated heterocycles. The Bertz CT molecular complexity index is 596. The van der Waals surface area contributed by atoms with Crippen LogP contribution >= 0.6 is 12.4 Å². The lowest BCUT2D eigenvalue weighted by Gasteiger charge is -2.29. The molecule has 0 amide bonds. The number of aryl methyl sites for hydroxylation is 2. The summed E-state index contributed by atoms with van der Waals surface area (Å²) in [6.07, 6.45) is 5.96. The summed E-state index contributed by atoms with van der Waals surface area (Å²) in [5, 5.41) is 0. The Morgan fingerprint density at radius 1 is 1.05 bits per heavy atom. The molecule has 2 aliphatic rings. The normalized spacial score (nSPS) is 20.6. The maximum Gasteiger partial charge on any atom is 0.243 e. The first-order valence-electron chi connectivity index (χ1n) is 7.45. The van der Waals surface area contributed by atoms with E-state index in [2.05, 4.69) is 0 Å². The predicted molar refractivity (Wildman–Crippen MR) is 86.3 cm³/mol. The minimum absolute atomic E-state index is 0. The van der Waals surface area contributed by atoms with Gasteiger partial charge in [0.15, 0.2) is 0 Å². The predicted octanol–water partition coefficient (Wildman–Crippen LogP) is 2.10. The number of hydrogen-bond acceptors (Lipinski definition) is 3. The highest BCUT2D eigenvalue weighted by molar-refractivity contribution is 7.89. The maximum absolute atomic E-state index is 12.7. The van der Waals surface area contributed by atoms with Crippen LogP contribution < -0.4 is 5.73 Å². The first-order chi connectivity index (χ1) is 9.57. The molecule has 0 spiro atoms. The van der Waals surface area contributed by atoms with Crippen LogP contribution in [-0.4, -0.2) is 31.9 Å². The van der Waals surface area contributed by atoms with Gasteiger partial charge in [0.2, 0.25) is 10.0 Å². The van der Waals surface area contributed by atoms with Gasteiger partial charge in [-0.3, -0.25) is 0 Å². The third kappa shape index (κ3) is 3.42. The highest BCUT2D eigenvalue weighted by atomic mass is 35.5. The van der Waals surface area contributed by atoms with Gasteiger partial charge in [0.25, 0.3) is 0 Å². The van der Waals surface area contributed by atoms with Gasteiger partial charge in [-0.1, -0.05) is 6.07 Å². The van der Waals surface area contributed by atoms with E-state index in [1.165, 1.54) is 17.5 Å². The van der Waals surface area contributed by atoms with E-state index in [4.69, 9.17) is 5.73 Å². The summed E-state index contributed by atoms with van der Waals surface area (Å²) in [6.45, 7) is 1.08. The van der Waals surface area contributed by atoms with Crippen molar-refractivity contribution in [1.29, 1.82) is 0 Å². The van der Waals surface area contributed by atoms with E-state index in [9.17, 15) is 8.42 Å². The average molecular weight is 331 g/mol. The number of hydrogen-bond donors (Lipinski definition) is 1. The Kier molecular flexibility index (Phi) is 5.30. The van der Waals surface area contributed by atoms with Crippen molar-refractivity contribution in [3.8, 4) is 0 Å². The van der Waals surface area contributed by atoms with Crippen LogP contribution in [0.15, 0.2) is 23.1 Å². The van der Waals surface area contributed by atoms with E-state index in [-0.39, 0.29) is 18.4 Å². The summed E-state index contributed by atoms with van der Waals surface area (Å²) in [6, 6.07) is 5.80. The summed E-state index contributed by atoms with van der Waals surface area (Å²) in [7, 11) is -3.34. The monoisotopic (exact) mass is 330 g/mol. The Balaban J connectivity index is 0.00000161. The maximum atomic E-state index is 12.7. The second kappa shape index (κ2) is 6.65. The smallest absolute Gasteiger partial charge is 0.243 e. The molecular weight excluding hydrogens is 308 g/mol. The van der Waals surface area contributed by atoms with Crippen molar-refractivity contribution in [2.24, 2.45) is 5.73 Å².